The number of benzene rings is 1. The van der Waals surface area contributed by atoms with E-state index in [2.05, 4.69) is 45.9 Å². The highest BCUT2D eigenvalue weighted by Gasteiger charge is 2.15. The molecule has 1 unspecified atom stereocenters. The van der Waals surface area contributed by atoms with E-state index < -0.39 is 0 Å². The van der Waals surface area contributed by atoms with Gasteiger partial charge < -0.3 is 4.74 Å². The maximum absolute atomic E-state index is 6.28. The molecule has 0 amide bonds. The molecule has 1 aromatic carbocycles. The molecular formula is C18H27ClO. The molecule has 1 aromatic rings. The molecule has 112 valence electrons. The summed E-state index contributed by atoms with van der Waals surface area (Å²) in [5.74, 6) is 1.94. The van der Waals surface area contributed by atoms with Crippen LogP contribution in [-0.2, 0) is 6.42 Å². The minimum Gasteiger partial charge on any atom is -0.493 e. The van der Waals surface area contributed by atoms with E-state index in [1.807, 2.05) is 13.0 Å². The van der Waals surface area contributed by atoms with Crippen LogP contribution in [0.1, 0.15) is 58.1 Å². The summed E-state index contributed by atoms with van der Waals surface area (Å²) in [6, 6.07) is 4.09. The number of hydrogen-bond donors (Lipinski definition) is 0. The lowest BCUT2D eigenvalue weighted by atomic mass is 9.93. The molecule has 0 heterocycles. The third-order valence-corrected chi connectivity index (χ3v) is 3.53. The van der Waals surface area contributed by atoms with Gasteiger partial charge in [0.15, 0.2) is 0 Å². The minimum absolute atomic E-state index is 0.412. The van der Waals surface area contributed by atoms with Crippen molar-refractivity contribution >= 4 is 11.6 Å². The van der Waals surface area contributed by atoms with E-state index in [-0.39, 0.29) is 0 Å². The first-order valence-electron chi connectivity index (χ1n) is 7.61. The Labute approximate surface area is 129 Å². The van der Waals surface area contributed by atoms with Crippen molar-refractivity contribution in [3.63, 3.8) is 0 Å². The number of rotatable bonds is 7. The second kappa shape index (κ2) is 8.36. The van der Waals surface area contributed by atoms with Gasteiger partial charge in [-0.1, -0.05) is 51.4 Å². The van der Waals surface area contributed by atoms with Gasteiger partial charge in [-0.25, -0.2) is 0 Å². The van der Waals surface area contributed by atoms with E-state index in [1.165, 1.54) is 11.1 Å². The molecule has 1 rings (SSSR count). The molecule has 20 heavy (non-hydrogen) atoms. The van der Waals surface area contributed by atoms with Gasteiger partial charge in [0.05, 0.1) is 6.61 Å². The minimum atomic E-state index is 0.412. The van der Waals surface area contributed by atoms with E-state index in [0.717, 1.165) is 23.6 Å². The van der Waals surface area contributed by atoms with Gasteiger partial charge in [0, 0.05) is 5.02 Å². The van der Waals surface area contributed by atoms with Crippen molar-refractivity contribution < 1.29 is 4.74 Å². The summed E-state index contributed by atoms with van der Waals surface area (Å²) in [5, 5.41) is 0.804. The van der Waals surface area contributed by atoms with Crippen molar-refractivity contribution in [3.05, 3.63) is 40.4 Å². The zero-order valence-electron chi connectivity index (χ0n) is 13.4. The molecule has 2 heteroatoms. The summed E-state index contributed by atoms with van der Waals surface area (Å²) in [5.41, 5.74) is 2.43. The van der Waals surface area contributed by atoms with Crippen LogP contribution >= 0.6 is 11.6 Å². The summed E-state index contributed by atoms with van der Waals surface area (Å²) in [6.45, 7) is 11.5. The summed E-state index contributed by atoms with van der Waals surface area (Å²) in [7, 11) is 0. The van der Waals surface area contributed by atoms with Crippen molar-refractivity contribution in [2.75, 3.05) is 6.61 Å². The first kappa shape index (κ1) is 17.1. The average molecular weight is 295 g/mol. The molecule has 0 radical (unpaired) electrons. The molecule has 0 saturated carbocycles. The second-order valence-electron chi connectivity index (χ2n) is 5.59. The number of hydrogen-bond acceptors (Lipinski definition) is 1. The first-order valence-corrected chi connectivity index (χ1v) is 7.99. The summed E-state index contributed by atoms with van der Waals surface area (Å²) in [4.78, 5) is 0. The standard InChI is InChI=1S/C18H27ClO/c1-6-8-9-14(5)10-15-11-16(19)12-17(13(3)4)18(15)20-7-2/h8-9,11-14H,6-7,10H2,1-5H3/b9-8-. The lowest BCUT2D eigenvalue weighted by molar-refractivity contribution is 0.330. The molecule has 0 aliphatic carbocycles. The molecule has 0 aromatic heterocycles. The van der Waals surface area contributed by atoms with Crippen LogP contribution in [0.4, 0.5) is 0 Å². The Morgan fingerprint density at radius 2 is 1.90 bits per heavy atom. The molecule has 1 atom stereocenters. The normalized spacial score (nSPS) is 13.2. The van der Waals surface area contributed by atoms with Crippen LogP contribution in [0.5, 0.6) is 5.75 Å². The van der Waals surface area contributed by atoms with Crippen LogP contribution in [0.25, 0.3) is 0 Å². The van der Waals surface area contributed by atoms with Gasteiger partial charge in [0.1, 0.15) is 5.75 Å². The first-order chi connectivity index (χ1) is 9.49. The largest absolute Gasteiger partial charge is 0.493 e. The Hall–Kier alpha value is -0.950. The van der Waals surface area contributed by atoms with Gasteiger partial charge in [-0.05, 0) is 54.9 Å². The topological polar surface area (TPSA) is 9.23 Å². The van der Waals surface area contributed by atoms with E-state index in [1.54, 1.807) is 0 Å². The van der Waals surface area contributed by atoms with Crippen molar-refractivity contribution in [1.29, 1.82) is 0 Å². The molecule has 1 nitrogen and oxygen atoms in total. The SMILES string of the molecule is CC/C=C\C(C)Cc1cc(Cl)cc(C(C)C)c1OCC. The molecule has 0 spiro atoms. The highest BCUT2D eigenvalue weighted by atomic mass is 35.5. The van der Waals surface area contributed by atoms with Crippen LogP contribution in [0.2, 0.25) is 5.02 Å². The van der Waals surface area contributed by atoms with Gasteiger partial charge >= 0.3 is 0 Å². The van der Waals surface area contributed by atoms with Crippen molar-refractivity contribution in [1.82, 2.24) is 0 Å². The molecule has 0 saturated heterocycles. The van der Waals surface area contributed by atoms with Crippen molar-refractivity contribution in [2.24, 2.45) is 5.92 Å². The van der Waals surface area contributed by atoms with Gasteiger partial charge in [0.25, 0.3) is 0 Å². The maximum atomic E-state index is 6.28. The van der Waals surface area contributed by atoms with E-state index in [4.69, 9.17) is 16.3 Å². The fraction of sp³-hybridized carbons (Fsp3) is 0.556. The van der Waals surface area contributed by atoms with Gasteiger partial charge in [-0.3, -0.25) is 0 Å². The quantitative estimate of drug-likeness (QED) is 0.560. The van der Waals surface area contributed by atoms with Gasteiger partial charge in [0.2, 0.25) is 0 Å². The highest BCUT2D eigenvalue weighted by Crippen LogP contribution is 2.35. The zero-order chi connectivity index (χ0) is 15.1. The molecular weight excluding hydrogens is 268 g/mol. The second-order valence-corrected chi connectivity index (χ2v) is 6.03. The van der Waals surface area contributed by atoms with E-state index >= 15 is 0 Å². The summed E-state index contributed by atoms with van der Waals surface area (Å²) < 4.78 is 5.91. The van der Waals surface area contributed by atoms with Gasteiger partial charge in [-0.15, -0.1) is 0 Å². The molecule has 0 fully saturated rings. The van der Waals surface area contributed by atoms with Crippen LogP contribution in [0.3, 0.4) is 0 Å². The van der Waals surface area contributed by atoms with Crippen LogP contribution < -0.4 is 4.74 Å². The van der Waals surface area contributed by atoms with Crippen molar-refractivity contribution in [2.45, 2.75) is 53.4 Å². The third-order valence-electron chi connectivity index (χ3n) is 3.31. The number of halogens is 1. The Morgan fingerprint density at radius 3 is 2.45 bits per heavy atom. The fourth-order valence-electron chi connectivity index (χ4n) is 2.36. The molecule has 0 N–H and O–H groups in total. The van der Waals surface area contributed by atoms with Crippen LogP contribution in [0, 0.1) is 5.92 Å². The average Bonchev–Trinajstić information content (AvgIpc) is 2.38. The summed E-state index contributed by atoms with van der Waals surface area (Å²) >= 11 is 6.28. The van der Waals surface area contributed by atoms with E-state index in [0.29, 0.717) is 18.4 Å². The maximum Gasteiger partial charge on any atom is 0.126 e. The Kier molecular flexibility index (Phi) is 7.15. The Morgan fingerprint density at radius 1 is 1.20 bits per heavy atom. The predicted molar refractivity (Wildman–Crippen MR) is 89.0 cm³/mol. The van der Waals surface area contributed by atoms with Crippen LogP contribution in [-0.4, -0.2) is 6.61 Å². The highest BCUT2D eigenvalue weighted by molar-refractivity contribution is 6.30. The predicted octanol–water partition coefficient (Wildman–Crippen LogP) is 6.01. The Bertz CT molecular complexity index is 449. The Balaban J connectivity index is 3.12. The molecule has 0 bridgehead atoms. The van der Waals surface area contributed by atoms with E-state index in [9.17, 15) is 0 Å². The number of allylic oxidation sites excluding steroid dienone is 2. The third kappa shape index (κ3) is 4.86. The zero-order valence-corrected chi connectivity index (χ0v) is 14.1. The molecule has 0 aliphatic rings. The monoisotopic (exact) mass is 294 g/mol. The lowest BCUT2D eigenvalue weighted by Gasteiger charge is -2.19. The van der Waals surface area contributed by atoms with Crippen LogP contribution in [0.15, 0.2) is 24.3 Å². The summed E-state index contributed by atoms with van der Waals surface area (Å²) in [6.07, 6.45) is 6.53. The van der Waals surface area contributed by atoms with Gasteiger partial charge in [-0.2, -0.15) is 0 Å². The number of ether oxygens (including phenoxy) is 1. The molecule has 0 aliphatic heterocycles. The fourth-order valence-corrected chi connectivity index (χ4v) is 2.61. The lowest BCUT2D eigenvalue weighted by Crippen LogP contribution is -2.05. The smallest absolute Gasteiger partial charge is 0.126 e. The van der Waals surface area contributed by atoms with Crippen molar-refractivity contribution in [3.8, 4) is 5.75 Å².